The van der Waals surface area contributed by atoms with Gasteiger partial charge in [0.05, 0.1) is 6.54 Å². The van der Waals surface area contributed by atoms with E-state index < -0.39 is 0 Å². The Morgan fingerprint density at radius 1 is 1.21 bits per heavy atom. The van der Waals surface area contributed by atoms with Crippen molar-refractivity contribution in [2.75, 3.05) is 19.6 Å². The lowest BCUT2D eigenvalue weighted by molar-refractivity contribution is -0.131. The van der Waals surface area contributed by atoms with Crippen LogP contribution in [0.15, 0.2) is 30.3 Å². The zero-order valence-corrected chi connectivity index (χ0v) is 12.0. The van der Waals surface area contributed by atoms with Crippen molar-refractivity contribution in [1.29, 1.82) is 0 Å². The molecule has 1 aliphatic rings. The number of nitrogens with zero attached hydrogens (tertiary/aromatic N) is 2. The Morgan fingerprint density at radius 3 is 2.42 bits per heavy atom. The number of rotatable bonds is 5. The van der Waals surface area contributed by atoms with Crippen molar-refractivity contribution < 1.29 is 4.79 Å². The van der Waals surface area contributed by atoms with Crippen LogP contribution in [0.2, 0.25) is 0 Å². The topological polar surface area (TPSA) is 23.6 Å². The molecule has 0 atom stereocenters. The lowest BCUT2D eigenvalue weighted by Crippen LogP contribution is -2.41. The quantitative estimate of drug-likeness (QED) is 0.812. The normalized spacial score (nSPS) is 15.5. The van der Waals surface area contributed by atoms with E-state index in [1.807, 2.05) is 11.0 Å². The van der Waals surface area contributed by atoms with Crippen LogP contribution in [0.5, 0.6) is 0 Å². The van der Waals surface area contributed by atoms with Gasteiger partial charge in [-0.2, -0.15) is 0 Å². The number of likely N-dealkylation sites (tertiary alicyclic amines) is 1. The van der Waals surface area contributed by atoms with E-state index in [1.54, 1.807) is 0 Å². The van der Waals surface area contributed by atoms with Crippen LogP contribution >= 0.6 is 0 Å². The van der Waals surface area contributed by atoms with Crippen molar-refractivity contribution in [1.82, 2.24) is 9.80 Å². The monoisotopic (exact) mass is 260 g/mol. The van der Waals surface area contributed by atoms with Crippen molar-refractivity contribution >= 4 is 5.91 Å². The zero-order valence-electron chi connectivity index (χ0n) is 12.0. The zero-order chi connectivity index (χ0) is 13.7. The summed E-state index contributed by atoms with van der Waals surface area (Å²) in [5.74, 6) is 0.280. The third-order valence-electron chi connectivity index (χ3n) is 3.76. The van der Waals surface area contributed by atoms with Gasteiger partial charge < -0.3 is 4.90 Å². The van der Waals surface area contributed by atoms with Crippen LogP contribution in [0.3, 0.4) is 0 Å². The van der Waals surface area contributed by atoms with Gasteiger partial charge in [0, 0.05) is 25.7 Å². The molecule has 3 nitrogen and oxygen atoms in total. The molecule has 0 unspecified atom stereocenters. The van der Waals surface area contributed by atoms with Crippen LogP contribution in [-0.2, 0) is 11.3 Å². The van der Waals surface area contributed by atoms with Crippen LogP contribution in [0.1, 0.15) is 32.3 Å². The van der Waals surface area contributed by atoms with Crippen LogP contribution in [0.4, 0.5) is 0 Å². The maximum Gasteiger partial charge on any atom is 0.236 e. The highest BCUT2D eigenvalue weighted by Gasteiger charge is 2.21. The Kier molecular flexibility index (Phi) is 4.97. The summed E-state index contributed by atoms with van der Waals surface area (Å²) in [4.78, 5) is 16.5. The fourth-order valence-corrected chi connectivity index (χ4v) is 2.48. The molecule has 1 fully saturated rings. The molecule has 0 N–H and O–H groups in total. The molecule has 1 aromatic carbocycles. The number of carbonyl (C=O) groups is 1. The number of amides is 1. The lowest BCUT2D eigenvalue weighted by atomic mass is 10.2. The minimum absolute atomic E-state index is 0.280. The fourth-order valence-electron chi connectivity index (χ4n) is 2.48. The van der Waals surface area contributed by atoms with Gasteiger partial charge in [-0.1, -0.05) is 30.3 Å². The Morgan fingerprint density at radius 2 is 1.84 bits per heavy atom. The predicted molar refractivity (Wildman–Crippen MR) is 77.8 cm³/mol. The Bertz CT molecular complexity index is 396. The predicted octanol–water partition coefficient (Wildman–Crippen LogP) is 2.52. The first-order valence-electron chi connectivity index (χ1n) is 7.22. The van der Waals surface area contributed by atoms with Crippen LogP contribution in [0.25, 0.3) is 0 Å². The molecular formula is C16H24N2O. The molecule has 3 heteroatoms. The highest BCUT2D eigenvalue weighted by atomic mass is 16.2. The second kappa shape index (κ2) is 6.71. The van der Waals surface area contributed by atoms with Gasteiger partial charge in [-0.05, 0) is 32.3 Å². The van der Waals surface area contributed by atoms with Gasteiger partial charge in [0.15, 0.2) is 0 Å². The third-order valence-corrected chi connectivity index (χ3v) is 3.76. The smallest absolute Gasteiger partial charge is 0.236 e. The fraction of sp³-hybridized carbons (Fsp3) is 0.562. The molecule has 1 aliphatic heterocycles. The maximum absolute atomic E-state index is 12.2. The van der Waals surface area contributed by atoms with Gasteiger partial charge in [0.1, 0.15) is 0 Å². The summed E-state index contributed by atoms with van der Waals surface area (Å²) in [6, 6.07) is 10.8. The summed E-state index contributed by atoms with van der Waals surface area (Å²) in [6.45, 7) is 7.57. The van der Waals surface area contributed by atoms with Gasteiger partial charge in [-0.15, -0.1) is 0 Å². The third kappa shape index (κ3) is 4.06. The second-order valence-corrected chi connectivity index (χ2v) is 5.57. The molecule has 0 spiro atoms. The molecule has 1 heterocycles. The SMILES string of the molecule is CC(C)N(CC(=O)N1CCCC1)Cc1ccccc1. The van der Waals surface area contributed by atoms with Gasteiger partial charge in [0.2, 0.25) is 5.91 Å². The average molecular weight is 260 g/mol. The van der Waals surface area contributed by atoms with Gasteiger partial charge in [-0.3, -0.25) is 9.69 Å². The van der Waals surface area contributed by atoms with E-state index in [1.165, 1.54) is 5.56 Å². The Balaban J connectivity index is 1.94. The van der Waals surface area contributed by atoms with E-state index >= 15 is 0 Å². The summed E-state index contributed by atoms with van der Waals surface area (Å²) in [5.41, 5.74) is 1.27. The van der Waals surface area contributed by atoms with Crippen LogP contribution < -0.4 is 0 Å². The minimum atomic E-state index is 0.280. The first-order valence-corrected chi connectivity index (χ1v) is 7.22. The van der Waals surface area contributed by atoms with Gasteiger partial charge in [0.25, 0.3) is 0 Å². The molecule has 0 bridgehead atoms. The number of hydrogen-bond acceptors (Lipinski definition) is 2. The highest BCUT2D eigenvalue weighted by molar-refractivity contribution is 5.78. The number of benzene rings is 1. The molecule has 1 amide bonds. The van der Waals surface area contributed by atoms with E-state index in [9.17, 15) is 4.79 Å². The minimum Gasteiger partial charge on any atom is -0.342 e. The van der Waals surface area contributed by atoms with Crippen molar-refractivity contribution in [3.8, 4) is 0 Å². The van der Waals surface area contributed by atoms with E-state index in [2.05, 4.69) is 43.0 Å². The lowest BCUT2D eigenvalue weighted by Gasteiger charge is -2.28. The molecule has 2 rings (SSSR count). The molecule has 0 saturated carbocycles. The van der Waals surface area contributed by atoms with E-state index in [-0.39, 0.29) is 5.91 Å². The van der Waals surface area contributed by atoms with E-state index in [0.717, 1.165) is 32.5 Å². The molecule has 0 aromatic heterocycles. The summed E-state index contributed by atoms with van der Waals surface area (Å²) in [5, 5.41) is 0. The molecule has 0 aliphatic carbocycles. The summed E-state index contributed by atoms with van der Waals surface area (Å²) in [7, 11) is 0. The Labute approximate surface area is 116 Å². The van der Waals surface area contributed by atoms with Crippen LogP contribution in [-0.4, -0.2) is 41.4 Å². The van der Waals surface area contributed by atoms with Gasteiger partial charge >= 0.3 is 0 Å². The van der Waals surface area contributed by atoms with Crippen molar-refractivity contribution in [2.24, 2.45) is 0 Å². The molecular weight excluding hydrogens is 236 g/mol. The first-order chi connectivity index (χ1) is 9.16. The van der Waals surface area contributed by atoms with Gasteiger partial charge in [-0.25, -0.2) is 0 Å². The molecule has 0 radical (unpaired) electrons. The summed E-state index contributed by atoms with van der Waals surface area (Å²) in [6.07, 6.45) is 2.32. The van der Waals surface area contributed by atoms with Crippen molar-refractivity contribution in [3.63, 3.8) is 0 Å². The van der Waals surface area contributed by atoms with Crippen molar-refractivity contribution in [3.05, 3.63) is 35.9 Å². The van der Waals surface area contributed by atoms with E-state index in [4.69, 9.17) is 0 Å². The highest BCUT2D eigenvalue weighted by Crippen LogP contribution is 2.12. The molecule has 104 valence electrons. The molecule has 1 aromatic rings. The average Bonchev–Trinajstić information content (AvgIpc) is 2.93. The standard InChI is InChI=1S/C16H24N2O/c1-14(2)18(12-15-8-4-3-5-9-15)13-16(19)17-10-6-7-11-17/h3-5,8-9,14H,6-7,10-13H2,1-2H3. The summed E-state index contributed by atoms with van der Waals surface area (Å²) >= 11 is 0. The first kappa shape index (κ1) is 14.1. The largest absolute Gasteiger partial charge is 0.342 e. The second-order valence-electron chi connectivity index (χ2n) is 5.57. The Hall–Kier alpha value is -1.35. The molecule has 19 heavy (non-hydrogen) atoms. The van der Waals surface area contributed by atoms with Crippen LogP contribution in [0, 0.1) is 0 Å². The summed E-state index contributed by atoms with van der Waals surface area (Å²) < 4.78 is 0. The number of hydrogen-bond donors (Lipinski definition) is 0. The molecule has 1 saturated heterocycles. The van der Waals surface area contributed by atoms with Crippen molar-refractivity contribution in [2.45, 2.75) is 39.3 Å². The van der Waals surface area contributed by atoms with E-state index in [0.29, 0.717) is 12.6 Å². The number of carbonyl (C=O) groups excluding carboxylic acids is 1. The maximum atomic E-state index is 12.2.